The first kappa shape index (κ1) is 20.3. The number of para-hydroxylation sites is 1. The molecule has 124 valence electrons. The van der Waals surface area contributed by atoms with Gasteiger partial charge in [-0.1, -0.05) is 38.1 Å². The van der Waals surface area contributed by atoms with E-state index in [1.54, 1.807) is 13.0 Å². The van der Waals surface area contributed by atoms with Crippen molar-refractivity contribution in [2.75, 3.05) is 0 Å². The Bertz CT molecular complexity index is 527. The van der Waals surface area contributed by atoms with Crippen LogP contribution in [0.2, 0.25) is 0 Å². The fourth-order valence-corrected chi connectivity index (χ4v) is 1.31. The molecule has 1 aromatic rings. The van der Waals surface area contributed by atoms with Crippen LogP contribution in [0, 0.1) is 0 Å². The zero-order chi connectivity index (χ0) is 17.2. The van der Waals surface area contributed by atoms with Crippen LogP contribution >= 0.6 is 7.82 Å². The summed E-state index contributed by atoms with van der Waals surface area (Å²) in [5, 5.41) is 0. The van der Waals surface area contributed by atoms with E-state index in [0.29, 0.717) is 11.3 Å². The van der Waals surface area contributed by atoms with Gasteiger partial charge in [-0.3, -0.25) is 4.89 Å². The van der Waals surface area contributed by atoms with Crippen LogP contribution in [-0.2, 0) is 20.7 Å². The zero-order valence-corrected chi connectivity index (χ0v) is 13.5. The summed E-state index contributed by atoms with van der Waals surface area (Å²) >= 11 is 0. The number of benzene rings is 1. The molecule has 0 atom stereocenters. The van der Waals surface area contributed by atoms with Gasteiger partial charge in [-0.2, -0.15) is 0 Å². The van der Waals surface area contributed by atoms with Crippen LogP contribution in [0.5, 0.6) is 5.75 Å². The number of unbranched alkanes of at least 4 members (excludes halogenated alkanes) is 1. The number of hydrogen-bond donors (Lipinski definition) is 3. The van der Waals surface area contributed by atoms with Gasteiger partial charge < -0.3 is 14.7 Å². The van der Waals surface area contributed by atoms with Crippen LogP contribution in [0.25, 0.3) is 0 Å². The van der Waals surface area contributed by atoms with E-state index in [9.17, 15) is 4.79 Å². The second-order valence-electron chi connectivity index (χ2n) is 4.46. The quantitative estimate of drug-likeness (QED) is 0.317. The number of carbonyl (C=O) groups is 1. The third-order valence-electron chi connectivity index (χ3n) is 2.33. The Labute approximate surface area is 129 Å². The molecule has 0 saturated carbocycles. The van der Waals surface area contributed by atoms with E-state index in [0.717, 1.165) is 24.8 Å². The largest absolute Gasteiger partial charge is 0.466 e. The van der Waals surface area contributed by atoms with Crippen molar-refractivity contribution in [2.45, 2.75) is 33.1 Å². The first-order chi connectivity index (χ1) is 10.1. The molecule has 0 aliphatic heterocycles. The third kappa shape index (κ3) is 11.0. The zero-order valence-electron chi connectivity index (χ0n) is 12.6. The SMILES string of the molecule is C=C(C)C(=O)OOc1ccccc1CCCC.O=P(O)(O)O. The summed E-state index contributed by atoms with van der Waals surface area (Å²) < 4.78 is 8.88. The van der Waals surface area contributed by atoms with Crippen LogP contribution in [0.3, 0.4) is 0 Å². The highest BCUT2D eigenvalue weighted by atomic mass is 31.2. The van der Waals surface area contributed by atoms with Gasteiger partial charge in [0, 0.05) is 5.57 Å². The molecule has 0 radical (unpaired) electrons. The summed E-state index contributed by atoms with van der Waals surface area (Å²) in [6.07, 6.45) is 3.10. The summed E-state index contributed by atoms with van der Waals surface area (Å²) in [5.74, 6) is 0.0471. The summed E-state index contributed by atoms with van der Waals surface area (Å²) in [4.78, 5) is 42.5. The van der Waals surface area contributed by atoms with Gasteiger partial charge in [0.1, 0.15) is 0 Å². The predicted octanol–water partition coefficient (Wildman–Crippen LogP) is 2.51. The topological polar surface area (TPSA) is 113 Å². The Morgan fingerprint density at radius 2 is 1.82 bits per heavy atom. The van der Waals surface area contributed by atoms with Crippen LogP contribution < -0.4 is 4.89 Å². The van der Waals surface area contributed by atoms with Gasteiger partial charge in [0.05, 0.1) is 0 Å². The fraction of sp³-hybridized carbons (Fsp3) is 0.357. The van der Waals surface area contributed by atoms with Crippen molar-refractivity contribution in [3.8, 4) is 5.75 Å². The highest BCUT2D eigenvalue weighted by molar-refractivity contribution is 7.45. The van der Waals surface area contributed by atoms with Crippen LogP contribution in [0.15, 0.2) is 36.4 Å². The lowest BCUT2D eigenvalue weighted by molar-refractivity contribution is -0.208. The smallest absolute Gasteiger partial charge is 0.303 e. The molecule has 8 heteroatoms. The van der Waals surface area contributed by atoms with Gasteiger partial charge in [-0.25, -0.2) is 14.2 Å². The average molecular weight is 332 g/mol. The summed E-state index contributed by atoms with van der Waals surface area (Å²) in [6.45, 7) is 7.19. The van der Waals surface area contributed by atoms with Crippen molar-refractivity contribution in [1.29, 1.82) is 0 Å². The van der Waals surface area contributed by atoms with Gasteiger partial charge in [0.25, 0.3) is 0 Å². The van der Waals surface area contributed by atoms with Gasteiger partial charge >= 0.3 is 13.8 Å². The number of hydrogen-bond acceptors (Lipinski definition) is 4. The molecule has 0 bridgehead atoms. The Morgan fingerprint density at radius 1 is 1.27 bits per heavy atom. The molecule has 0 saturated heterocycles. The second kappa shape index (κ2) is 10.1. The molecule has 0 unspecified atom stereocenters. The molecule has 0 aliphatic carbocycles. The van der Waals surface area contributed by atoms with Crippen molar-refractivity contribution < 1.29 is 33.8 Å². The Kier molecular flexibility index (Phi) is 9.37. The molecular weight excluding hydrogens is 311 g/mol. The van der Waals surface area contributed by atoms with E-state index >= 15 is 0 Å². The lowest BCUT2D eigenvalue weighted by Crippen LogP contribution is -2.09. The number of rotatable bonds is 6. The summed E-state index contributed by atoms with van der Waals surface area (Å²) in [5.41, 5.74) is 1.36. The highest BCUT2D eigenvalue weighted by Crippen LogP contribution is 2.25. The van der Waals surface area contributed by atoms with Gasteiger partial charge in [-0.15, -0.1) is 0 Å². The lowest BCUT2D eigenvalue weighted by atomic mass is 10.1. The van der Waals surface area contributed by atoms with Crippen LogP contribution in [0.1, 0.15) is 32.3 Å². The van der Waals surface area contributed by atoms with E-state index in [1.807, 2.05) is 18.2 Å². The molecule has 0 fully saturated rings. The van der Waals surface area contributed by atoms with E-state index in [1.165, 1.54) is 0 Å². The molecule has 3 N–H and O–H groups in total. The minimum Gasteiger partial charge on any atom is -0.303 e. The average Bonchev–Trinajstić information content (AvgIpc) is 2.41. The minimum absolute atomic E-state index is 0.316. The Balaban J connectivity index is 0.000000763. The molecule has 7 nitrogen and oxygen atoms in total. The molecule has 0 heterocycles. The fourth-order valence-electron chi connectivity index (χ4n) is 1.31. The van der Waals surface area contributed by atoms with Crippen molar-refractivity contribution in [2.24, 2.45) is 0 Å². The maximum atomic E-state index is 11.2. The molecule has 1 aromatic carbocycles. The first-order valence-electron chi connectivity index (χ1n) is 6.55. The normalized spacial score (nSPS) is 10.2. The lowest BCUT2D eigenvalue weighted by Gasteiger charge is -2.08. The van der Waals surface area contributed by atoms with E-state index in [2.05, 4.69) is 18.4 Å². The highest BCUT2D eigenvalue weighted by Gasteiger charge is 2.08. The molecule has 0 amide bonds. The van der Waals surface area contributed by atoms with Gasteiger partial charge in [0.15, 0.2) is 5.75 Å². The standard InChI is InChI=1S/C14H18O3.H3O4P/c1-4-5-8-12-9-6-7-10-13(12)16-17-14(15)11(2)3;1-5(2,3)4/h6-7,9-10H,2,4-5,8H2,1,3H3;(H3,1,2,3,4). The molecule has 0 aromatic heterocycles. The Morgan fingerprint density at radius 3 is 2.32 bits per heavy atom. The van der Waals surface area contributed by atoms with Crippen LogP contribution in [-0.4, -0.2) is 20.6 Å². The van der Waals surface area contributed by atoms with Crippen molar-refractivity contribution >= 4 is 13.8 Å². The number of phosphoric acid groups is 1. The summed E-state index contributed by atoms with van der Waals surface area (Å²) in [6, 6.07) is 7.55. The first-order valence-corrected chi connectivity index (χ1v) is 8.12. The number of carbonyl (C=O) groups excluding carboxylic acids is 1. The number of aryl methyl sites for hydroxylation is 1. The molecular formula is C14H21O7P. The van der Waals surface area contributed by atoms with Crippen molar-refractivity contribution in [3.63, 3.8) is 0 Å². The van der Waals surface area contributed by atoms with E-state index < -0.39 is 13.8 Å². The second-order valence-corrected chi connectivity index (χ2v) is 5.49. The Hall–Kier alpha value is -1.66. The molecule has 0 aliphatic rings. The van der Waals surface area contributed by atoms with Crippen molar-refractivity contribution in [3.05, 3.63) is 42.0 Å². The molecule has 1 rings (SSSR count). The minimum atomic E-state index is -4.64. The third-order valence-corrected chi connectivity index (χ3v) is 2.33. The maximum Gasteiger partial charge on any atom is 0.466 e. The maximum absolute atomic E-state index is 11.2. The monoisotopic (exact) mass is 332 g/mol. The molecule has 22 heavy (non-hydrogen) atoms. The van der Waals surface area contributed by atoms with Gasteiger partial charge in [-0.05, 0) is 31.4 Å². The van der Waals surface area contributed by atoms with Gasteiger partial charge in [0.2, 0.25) is 0 Å². The summed E-state index contributed by atoms with van der Waals surface area (Å²) in [7, 11) is -4.64. The molecule has 0 spiro atoms. The van der Waals surface area contributed by atoms with Crippen LogP contribution in [0.4, 0.5) is 0 Å². The predicted molar refractivity (Wildman–Crippen MR) is 80.9 cm³/mol. The van der Waals surface area contributed by atoms with E-state index in [4.69, 9.17) is 24.1 Å². The van der Waals surface area contributed by atoms with Crippen molar-refractivity contribution in [1.82, 2.24) is 0 Å². The van der Waals surface area contributed by atoms with E-state index in [-0.39, 0.29) is 0 Å².